The number of nitrogens with one attached hydrogen (secondary N) is 1. The quantitative estimate of drug-likeness (QED) is 0.659. The van der Waals surface area contributed by atoms with Gasteiger partial charge in [0.2, 0.25) is 5.91 Å². The Bertz CT molecular complexity index is 185. The minimum Gasteiger partial charge on any atom is -0.380 e. The number of ether oxygens (including phenoxy) is 1. The molecule has 0 unspecified atom stereocenters. The third kappa shape index (κ3) is 5.14. The van der Waals surface area contributed by atoms with E-state index >= 15 is 0 Å². The maximum absolute atomic E-state index is 11.5. The first kappa shape index (κ1) is 12.5. The fraction of sp³-hybridized carbons (Fsp3) is 0.909. The molecule has 0 spiro atoms. The molecule has 1 saturated heterocycles. The summed E-state index contributed by atoms with van der Waals surface area (Å²) in [6.45, 7) is 6.66. The molecule has 88 valence electrons. The van der Waals surface area contributed by atoms with Gasteiger partial charge in [0, 0.05) is 19.7 Å². The first-order valence-electron chi connectivity index (χ1n) is 5.91. The van der Waals surface area contributed by atoms with Gasteiger partial charge in [-0.1, -0.05) is 13.3 Å². The number of hydrogen-bond donors (Lipinski definition) is 1. The van der Waals surface area contributed by atoms with Crippen molar-refractivity contribution in [3.05, 3.63) is 0 Å². The highest BCUT2D eigenvalue weighted by molar-refractivity contribution is 5.78. The van der Waals surface area contributed by atoms with Gasteiger partial charge >= 0.3 is 0 Å². The van der Waals surface area contributed by atoms with Crippen LogP contribution in [-0.2, 0) is 9.53 Å². The van der Waals surface area contributed by atoms with Crippen molar-refractivity contribution in [2.75, 3.05) is 39.4 Å². The average Bonchev–Trinajstić information content (AvgIpc) is 2.44. The molecule has 0 aromatic rings. The number of unbranched alkanes of at least 4 members (excludes halogenated alkanes) is 1. The third-order valence-corrected chi connectivity index (χ3v) is 2.56. The SMILES string of the molecule is CCCCOCCN1CCCNCC1=O. The van der Waals surface area contributed by atoms with Crippen molar-refractivity contribution in [3.63, 3.8) is 0 Å². The van der Waals surface area contributed by atoms with Gasteiger partial charge < -0.3 is 15.0 Å². The van der Waals surface area contributed by atoms with Crippen LogP contribution >= 0.6 is 0 Å². The molecule has 1 N–H and O–H groups in total. The maximum Gasteiger partial charge on any atom is 0.236 e. The molecule has 4 nitrogen and oxygen atoms in total. The van der Waals surface area contributed by atoms with E-state index < -0.39 is 0 Å². The van der Waals surface area contributed by atoms with E-state index in [-0.39, 0.29) is 5.91 Å². The number of rotatable bonds is 6. The maximum atomic E-state index is 11.5. The van der Waals surface area contributed by atoms with Crippen LogP contribution in [0.25, 0.3) is 0 Å². The molecule has 4 heteroatoms. The van der Waals surface area contributed by atoms with E-state index in [1.807, 2.05) is 4.90 Å². The van der Waals surface area contributed by atoms with Crippen LogP contribution in [0.15, 0.2) is 0 Å². The highest BCUT2D eigenvalue weighted by atomic mass is 16.5. The first-order chi connectivity index (χ1) is 7.34. The number of carbonyl (C=O) groups is 1. The van der Waals surface area contributed by atoms with Gasteiger partial charge in [0.25, 0.3) is 0 Å². The van der Waals surface area contributed by atoms with Crippen LogP contribution in [0, 0.1) is 0 Å². The number of amides is 1. The molecule has 1 fully saturated rings. The van der Waals surface area contributed by atoms with E-state index in [0.29, 0.717) is 13.2 Å². The molecule has 0 aromatic carbocycles. The van der Waals surface area contributed by atoms with Gasteiger partial charge in [-0.25, -0.2) is 0 Å². The smallest absolute Gasteiger partial charge is 0.236 e. The molecule has 1 aliphatic rings. The van der Waals surface area contributed by atoms with E-state index in [9.17, 15) is 4.79 Å². The zero-order valence-corrected chi connectivity index (χ0v) is 9.63. The summed E-state index contributed by atoms with van der Waals surface area (Å²) in [6, 6.07) is 0. The summed E-state index contributed by atoms with van der Waals surface area (Å²) in [4.78, 5) is 13.4. The van der Waals surface area contributed by atoms with Gasteiger partial charge in [-0.3, -0.25) is 4.79 Å². The second kappa shape index (κ2) is 7.65. The number of carbonyl (C=O) groups excluding carboxylic acids is 1. The minimum atomic E-state index is 0.201. The third-order valence-electron chi connectivity index (χ3n) is 2.56. The lowest BCUT2D eigenvalue weighted by Crippen LogP contribution is -2.37. The molecule has 1 amide bonds. The van der Waals surface area contributed by atoms with Crippen LogP contribution in [0.3, 0.4) is 0 Å². The lowest BCUT2D eigenvalue weighted by Gasteiger charge is -2.19. The predicted molar refractivity (Wildman–Crippen MR) is 59.8 cm³/mol. The molecule has 1 heterocycles. The summed E-state index contributed by atoms with van der Waals surface area (Å²) in [5.41, 5.74) is 0. The Hall–Kier alpha value is -0.610. The molecule has 0 radical (unpaired) electrons. The van der Waals surface area contributed by atoms with E-state index in [4.69, 9.17) is 4.74 Å². The van der Waals surface area contributed by atoms with E-state index in [1.165, 1.54) is 0 Å². The fourth-order valence-corrected chi connectivity index (χ4v) is 1.59. The zero-order valence-electron chi connectivity index (χ0n) is 9.63. The summed E-state index contributed by atoms with van der Waals surface area (Å²) < 4.78 is 5.45. The number of hydrogen-bond acceptors (Lipinski definition) is 3. The van der Waals surface area contributed by atoms with Gasteiger partial charge in [0.1, 0.15) is 0 Å². The summed E-state index contributed by atoms with van der Waals surface area (Å²) in [5, 5.41) is 3.11. The van der Waals surface area contributed by atoms with Crippen molar-refractivity contribution in [3.8, 4) is 0 Å². The molecule has 1 aliphatic heterocycles. The second-order valence-corrected chi connectivity index (χ2v) is 3.88. The first-order valence-corrected chi connectivity index (χ1v) is 5.91. The summed E-state index contributed by atoms with van der Waals surface area (Å²) in [5.74, 6) is 0.201. The van der Waals surface area contributed by atoms with Gasteiger partial charge in [-0.05, 0) is 19.4 Å². The van der Waals surface area contributed by atoms with Crippen LogP contribution < -0.4 is 5.32 Å². The highest BCUT2D eigenvalue weighted by Gasteiger charge is 2.15. The predicted octanol–water partition coefficient (Wildman–Crippen LogP) is 0.625. The van der Waals surface area contributed by atoms with Crippen molar-refractivity contribution in [2.45, 2.75) is 26.2 Å². The standard InChI is InChI=1S/C11H22N2O2/c1-2-3-8-15-9-7-13-6-4-5-12-10-11(13)14/h12H,2-10H2,1H3. The lowest BCUT2D eigenvalue weighted by atomic mass is 10.3. The molecule has 0 saturated carbocycles. The zero-order chi connectivity index (χ0) is 10.9. The van der Waals surface area contributed by atoms with Crippen molar-refractivity contribution in [1.82, 2.24) is 10.2 Å². The van der Waals surface area contributed by atoms with Crippen LogP contribution in [0.4, 0.5) is 0 Å². The molecule has 0 bridgehead atoms. The Kier molecular flexibility index (Phi) is 6.36. The summed E-state index contributed by atoms with van der Waals surface area (Å²) in [7, 11) is 0. The van der Waals surface area contributed by atoms with Crippen molar-refractivity contribution in [1.29, 1.82) is 0 Å². The van der Waals surface area contributed by atoms with E-state index in [2.05, 4.69) is 12.2 Å². The highest BCUT2D eigenvalue weighted by Crippen LogP contribution is 1.97. The van der Waals surface area contributed by atoms with Gasteiger partial charge in [0.15, 0.2) is 0 Å². The van der Waals surface area contributed by atoms with Crippen molar-refractivity contribution in [2.24, 2.45) is 0 Å². The number of nitrogens with zero attached hydrogens (tertiary/aromatic N) is 1. The minimum absolute atomic E-state index is 0.201. The van der Waals surface area contributed by atoms with E-state index in [1.54, 1.807) is 0 Å². The monoisotopic (exact) mass is 214 g/mol. The van der Waals surface area contributed by atoms with Crippen LogP contribution in [-0.4, -0.2) is 50.2 Å². The van der Waals surface area contributed by atoms with Crippen LogP contribution in [0.5, 0.6) is 0 Å². The van der Waals surface area contributed by atoms with E-state index in [0.717, 1.165) is 45.5 Å². The Balaban J connectivity index is 2.10. The largest absolute Gasteiger partial charge is 0.380 e. The van der Waals surface area contributed by atoms with Gasteiger partial charge in [-0.15, -0.1) is 0 Å². The topological polar surface area (TPSA) is 41.6 Å². The fourth-order valence-electron chi connectivity index (χ4n) is 1.59. The summed E-state index contributed by atoms with van der Waals surface area (Å²) >= 11 is 0. The molecular formula is C11H22N2O2. The molecule has 0 aromatic heterocycles. The Labute approximate surface area is 92.0 Å². The van der Waals surface area contributed by atoms with Crippen molar-refractivity contribution < 1.29 is 9.53 Å². The van der Waals surface area contributed by atoms with Gasteiger partial charge in [0.05, 0.1) is 13.2 Å². The van der Waals surface area contributed by atoms with Gasteiger partial charge in [-0.2, -0.15) is 0 Å². The van der Waals surface area contributed by atoms with Crippen LogP contribution in [0.1, 0.15) is 26.2 Å². The van der Waals surface area contributed by atoms with Crippen LogP contribution in [0.2, 0.25) is 0 Å². The molecule has 0 aliphatic carbocycles. The lowest BCUT2D eigenvalue weighted by molar-refractivity contribution is -0.130. The van der Waals surface area contributed by atoms with Crippen molar-refractivity contribution >= 4 is 5.91 Å². The Morgan fingerprint density at radius 1 is 1.47 bits per heavy atom. The Morgan fingerprint density at radius 2 is 2.33 bits per heavy atom. The second-order valence-electron chi connectivity index (χ2n) is 3.88. The molecule has 15 heavy (non-hydrogen) atoms. The summed E-state index contributed by atoms with van der Waals surface area (Å²) in [6.07, 6.45) is 3.31. The molecular weight excluding hydrogens is 192 g/mol. The average molecular weight is 214 g/mol. The Morgan fingerprint density at radius 3 is 3.13 bits per heavy atom. The normalized spacial score (nSPS) is 17.9. The molecule has 1 rings (SSSR count). The molecule has 0 atom stereocenters.